The maximum absolute atomic E-state index is 12.4. The summed E-state index contributed by atoms with van der Waals surface area (Å²) in [4.78, 5) is 10.2. The first-order chi connectivity index (χ1) is 14.7. The van der Waals surface area contributed by atoms with Gasteiger partial charge in [0.2, 0.25) is 5.90 Å². The van der Waals surface area contributed by atoms with Crippen LogP contribution >= 0.6 is 0 Å². The van der Waals surface area contributed by atoms with E-state index in [-0.39, 0.29) is 24.0 Å². The summed E-state index contributed by atoms with van der Waals surface area (Å²) in [5, 5.41) is 15.9. The molecule has 0 heterocycles. The summed E-state index contributed by atoms with van der Waals surface area (Å²) in [6.07, 6.45) is -4.78. The fourth-order valence-electron chi connectivity index (χ4n) is 2.56. The molecule has 166 valence electrons. The van der Waals surface area contributed by atoms with Gasteiger partial charge in [0.05, 0.1) is 12.3 Å². The van der Waals surface area contributed by atoms with Gasteiger partial charge >= 0.3 is 6.36 Å². The van der Waals surface area contributed by atoms with Gasteiger partial charge in [0.25, 0.3) is 0 Å². The minimum atomic E-state index is -4.78. The van der Waals surface area contributed by atoms with Gasteiger partial charge in [-0.15, -0.1) is 13.2 Å². The van der Waals surface area contributed by atoms with Crippen molar-refractivity contribution in [1.29, 1.82) is 5.41 Å². The van der Waals surface area contributed by atoms with Crippen molar-refractivity contribution in [3.8, 4) is 5.75 Å². The molecule has 31 heavy (non-hydrogen) atoms. The molecule has 0 aliphatic carbocycles. The Balaban J connectivity index is 2.17. The summed E-state index contributed by atoms with van der Waals surface area (Å²) in [5.41, 5.74) is 2.19. The molecule has 0 atom stereocenters. The van der Waals surface area contributed by atoms with Crippen LogP contribution in [-0.4, -0.2) is 37.4 Å². The van der Waals surface area contributed by atoms with E-state index in [1.165, 1.54) is 25.3 Å². The van der Waals surface area contributed by atoms with Gasteiger partial charge in [-0.2, -0.15) is 0 Å². The van der Waals surface area contributed by atoms with Crippen LogP contribution in [0.2, 0.25) is 0 Å². The Morgan fingerprint density at radius 3 is 2.48 bits per heavy atom. The van der Waals surface area contributed by atoms with Gasteiger partial charge in [-0.3, -0.25) is 5.41 Å². The monoisotopic (exact) mass is 437 g/mol. The highest BCUT2D eigenvalue weighted by molar-refractivity contribution is 6.44. The van der Waals surface area contributed by atoms with Crippen LogP contribution in [0, 0.1) is 5.41 Å². The Hall–Kier alpha value is -3.56. The van der Waals surface area contributed by atoms with E-state index < -0.39 is 6.36 Å². The number of oxime groups is 2. The zero-order valence-corrected chi connectivity index (χ0v) is 17.2. The third-order valence-electron chi connectivity index (χ3n) is 3.87. The van der Waals surface area contributed by atoms with E-state index in [1.54, 1.807) is 44.2 Å². The van der Waals surface area contributed by atoms with E-state index in [0.717, 1.165) is 0 Å². The van der Waals surface area contributed by atoms with Crippen LogP contribution in [0.25, 0.3) is 0 Å². The lowest BCUT2D eigenvalue weighted by Crippen LogP contribution is -2.20. The van der Waals surface area contributed by atoms with Crippen LogP contribution in [-0.2, 0) is 21.0 Å². The SMILES string of the molecule is CCOC(=N)/C(=N/OC)c1ccccc1CO/N=C(\C)c1cccc(OC(F)(F)F)c1. The quantitative estimate of drug-likeness (QED) is 0.344. The van der Waals surface area contributed by atoms with E-state index in [1.807, 2.05) is 0 Å². The molecule has 0 unspecified atom stereocenters. The molecule has 0 bridgehead atoms. The Labute approximate surface area is 177 Å². The average molecular weight is 437 g/mol. The summed E-state index contributed by atoms with van der Waals surface area (Å²) in [5.74, 6) is -0.502. The van der Waals surface area contributed by atoms with Gasteiger partial charge < -0.3 is 19.1 Å². The molecular weight excluding hydrogens is 415 g/mol. The number of alkyl halides is 3. The number of rotatable bonds is 9. The third-order valence-corrected chi connectivity index (χ3v) is 3.87. The first-order valence-electron chi connectivity index (χ1n) is 9.19. The minimum absolute atomic E-state index is 0.0222. The average Bonchev–Trinajstić information content (AvgIpc) is 2.71. The number of benzene rings is 2. The highest BCUT2D eigenvalue weighted by Crippen LogP contribution is 2.23. The van der Waals surface area contributed by atoms with E-state index in [9.17, 15) is 13.2 Å². The molecule has 0 saturated carbocycles. The van der Waals surface area contributed by atoms with Crippen molar-refractivity contribution in [1.82, 2.24) is 0 Å². The first-order valence-corrected chi connectivity index (χ1v) is 9.19. The molecule has 0 aliphatic heterocycles. The molecule has 7 nitrogen and oxygen atoms in total. The molecule has 1 N–H and O–H groups in total. The third kappa shape index (κ3) is 7.32. The topological polar surface area (TPSA) is 85.5 Å². The lowest BCUT2D eigenvalue weighted by molar-refractivity contribution is -0.274. The number of halogens is 3. The van der Waals surface area contributed by atoms with Crippen LogP contribution in [0.1, 0.15) is 30.5 Å². The zero-order chi connectivity index (χ0) is 22.9. The molecule has 0 fully saturated rings. The summed E-state index contributed by atoms with van der Waals surface area (Å²) < 4.78 is 46.4. The fraction of sp³-hybridized carbons (Fsp3) is 0.286. The second-order valence-corrected chi connectivity index (χ2v) is 6.07. The Morgan fingerprint density at radius 2 is 1.81 bits per heavy atom. The van der Waals surface area contributed by atoms with Crippen molar-refractivity contribution in [2.45, 2.75) is 26.8 Å². The second kappa shape index (κ2) is 11.0. The highest BCUT2D eigenvalue weighted by Gasteiger charge is 2.31. The Bertz CT molecular complexity index is 959. The van der Waals surface area contributed by atoms with Crippen molar-refractivity contribution < 1.29 is 32.3 Å². The van der Waals surface area contributed by atoms with Crippen molar-refractivity contribution >= 4 is 17.3 Å². The van der Waals surface area contributed by atoms with Crippen molar-refractivity contribution in [2.24, 2.45) is 10.3 Å². The minimum Gasteiger partial charge on any atom is -0.477 e. The lowest BCUT2D eigenvalue weighted by Gasteiger charge is -2.12. The molecule has 2 aromatic carbocycles. The van der Waals surface area contributed by atoms with Crippen molar-refractivity contribution in [2.75, 3.05) is 13.7 Å². The van der Waals surface area contributed by atoms with E-state index >= 15 is 0 Å². The van der Waals surface area contributed by atoms with E-state index in [2.05, 4.69) is 15.0 Å². The smallest absolute Gasteiger partial charge is 0.477 e. The predicted octanol–water partition coefficient (Wildman–Crippen LogP) is 4.89. The van der Waals surface area contributed by atoms with Gasteiger partial charge in [0, 0.05) is 16.7 Å². The molecule has 0 radical (unpaired) electrons. The summed E-state index contributed by atoms with van der Waals surface area (Å²) >= 11 is 0. The van der Waals surface area contributed by atoms with Gasteiger partial charge in [0.1, 0.15) is 19.5 Å². The van der Waals surface area contributed by atoms with Gasteiger partial charge in [-0.25, -0.2) is 0 Å². The molecular formula is C21H22F3N3O4. The molecule has 0 aliphatic rings. The summed E-state index contributed by atoms with van der Waals surface area (Å²) in [6.45, 7) is 3.66. The number of hydrogen-bond acceptors (Lipinski definition) is 7. The number of hydrogen-bond donors (Lipinski definition) is 1. The summed E-state index contributed by atoms with van der Waals surface area (Å²) in [6, 6.07) is 12.5. The predicted molar refractivity (Wildman–Crippen MR) is 109 cm³/mol. The van der Waals surface area contributed by atoms with Crippen LogP contribution in [0.4, 0.5) is 13.2 Å². The second-order valence-electron chi connectivity index (χ2n) is 6.07. The van der Waals surface area contributed by atoms with Crippen LogP contribution in [0.3, 0.4) is 0 Å². The van der Waals surface area contributed by atoms with Gasteiger partial charge in [0.15, 0.2) is 5.71 Å². The molecule has 0 amide bonds. The largest absolute Gasteiger partial charge is 0.573 e. The maximum Gasteiger partial charge on any atom is 0.573 e. The fourth-order valence-corrected chi connectivity index (χ4v) is 2.56. The van der Waals surface area contributed by atoms with Gasteiger partial charge in [-0.1, -0.05) is 46.7 Å². The zero-order valence-electron chi connectivity index (χ0n) is 17.2. The molecule has 0 spiro atoms. The lowest BCUT2D eigenvalue weighted by atomic mass is 10.0. The number of ether oxygens (including phenoxy) is 2. The summed E-state index contributed by atoms with van der Waals surface area (Å²) in [7, 11) is 1.36. The number of nitrogens with one attached hydrogen (secondary N) is 1. The standard InChI is InChI=1S/C21H22F3N3O4/c1-4-29-20(25)19(27-28-3)18-11-6-5-8-16(18)13-30-26-14(2)15-9-7-10-17(12-15)31-21(22,23)24/h5-12,25H,4,13H2,1-3H3/b25-20?,26-14+,27-19+. The van der Waals surface area contributed by atoms with Crippen molar-refractivity contribution in [3.05, 3.63) is 65.2 Å². The Morgan fingerprint density at radius 1 is 1.06 bits per heavy atom. The van der Waals surface area contributed by atoms with Gasteiger partial charge in [-0.05, 0) is 26.0 Å². The first kappa shape index (κ1) is 23.7. The molecule has 2 rings (SSSR count). The molecule has 0 saturated heterocycles. The van der Waals surface area contributed by atoms with Crippen LogP contribution < -0.4 is 4.74 Å². The molecule has 2 aromatic rings. The Kier molecular flexibility index (Phi) is 8.42. The van der Waals surface area contributed by atoms with Crippen LogP contribution in [0.15, 0.2) is 58.8 Å². The van der Waals surface area contributed by atoms with E-state index in [0.29, 0.717) is 29.0 Å². The highest BCUT2D eigenvalue weighted by atomic mass is 19.4. The maximum atomic E-state index is 12.4. The molecule has 0 aromatic heterocycles. The molecule has 10 heteroatoms. The normalized spacial score (nSPS) is 12.3. The van der Waals surface area contributed by atoms with Crippen LogP contribution in [0.5, 0.6) is 5.75 Å². The van der Waals surface area contributed by atoms with Crippen molar-refractivity contribution in [3.63, 3.8) is 0 Å². The number of nitrogens with zero attached hydrogens (tertiary/aromatic N) is 2. The van der Waals surface area contributed by atoms with E-state index in [4.69, 9.17) is 19.8 Å².